The number of hydrogen-bond acceptors (Lipinski definition) is 4. The zero-order valence-corrected chi connectivity index (χ0v) is 16.5. The Morgan fingerprint density at radius 2 is 1.75 bits per heavy atom. The lowest BCUT2D eigenvalue weighted by molar-refractivity contribution is 0.306. The number of nitrogens with zero attached hydrogens (tertiary/aromatic N) is 1. The molecule has 6 heteroatoms. The van der Waals surface area contributed by atoms with Crippen molar-refractivity contribution >= 4 is 21.6 Å². The number of aromatic nitrogens is 2. The van der Waals surface area contributed by atoms with Gasteiger partial charge >= 0.3 is 5.69 Å². The maximum Gasteiger partial charge on any atom is 0.329 e. The molecule has 4 rings (SSSR count). The molecule has 0 amide bonds. The van der Waals surface area contributed by atoms with Crippen molar-refractivity contribution in [3.63, 3.8) is 0 Å². The third-order valence-electron chi connectivity index (χ3n) is 4.75. The molecule has 142 valence electrons. The summed E-state index contributed by atoms with van der Waals surface area (Å²) in [5, 5.41) is 0.589. The summed E-state index contributed by atoms with van der Waals surface area (Å²) < 4.78 is 7.07. The van der Waals surface area contributed by atoms with Gasteiger partial charge < -0.3 is 4.74 Å². The second kappa shape index (κ2) is 7.48. The van der Waals surface area contributed by atoms with E-state index in [4.69, 9.17) is 4.74 Å². The van der Waals surface area contributed by atoms with Crippen molar-refractivity contribution in [1.82, 2.24) is 9.55 Å². The van der Waals surface area contributed by atoms with E-state index in [1.165, 1.54) is 15.9 Å². The van der Waals surface area contributed by atoms with Crippen LogP contribution in [0, 0.1) is 6.92 Å². The number of ether oxygens (including phenoxy) is 1. The maximum atomic E-state index is 12.6. The van der Waals surface area contributed by atoms with Gasteiger partial charge in [0.15, 0.2) is 0 Å². The summed E-state index contributed by atoms with van der Waals surface area (Å²) in [7, 11) is 0. The summed E-state index contributed by atoms with van der Waals surface area (Å²) >= 11 is 1.43. The highest BCUT2D eigenvalue weighted by atomic mass is 32.1. The van der Waals surface area contributed by atoms with Gasteiger partial charge in [0.05, 0.1) is 5.39 Å². The molecule has 0 aliphatic rings. The van der Waals surface area contributed by atoms with Gasteiger partial charge in [-0.3, -0.25) is 14.3 Å². The van der Waals surface area contributed by atoms with E-state index in [0.717, 1.165) is 27.3 Å². The van der Waals surface area contributed by atoms with Crippen molar-refractivity contribution < 1.29 is 4.74 Å². The van der Waals surface area contributed by atoms with Crippen LogP contribution in [0.1, 0.15) is 18.1 Å². The quantitative estimate of drug-likeness (QED) is 0.550. The highest BCUT2D eigenvalue weighted by Crippen LogP contribution is 2.36. The number of rotatable bonds is 5. The van der Waals surface area contributed by atoms with E-state index in [1.54, 1.807) is 6.92 Å². The Morgan fingerprint density at radius 1 is 1.04 bits per heavy atom. The molecule has 0 spiro atoms. The SMILES string of the molecule is CCn1c(=O)[nH]c2sc(-c3ccc(OCc4ccccc4)cc3)c(C)c2c1=O. The molecule has 0 saturated carbocycles. The summed E-state index contributed by atoms with van der Waals surface area (Å²) in [5.74, 6) is 0.785. The molecule has 0 aliphatic heterocycles. The van der Waals surface area contributed by atoms with E-state index >= 15 is 0 Å². The Kier molecular flexibility index (Phi) is 4.88. The molecule has 0 unspecified atom stereocenters. The minimum absolute atomic E-state index is 0.232. The first-order valence-corrected chi connectivity index (χ1v) is 9.93. The van der Waals surface area contributed by atoms with Crippen LogP contribution >= 0.6 is 11.3 Å². The number of nitrogens with one attached hydrogen (secondary N) is 1. The third kappa shape index (κ3) is 3.27. The molecule has 0 saturated heterocycles. The lowest BCUT2D eigenvalue weighted by atomic mass is 10.1. The van der Waals surface area contributed by atoms with E-state index in [2.05, 4.69) is 4.98 Å². The Bertz CT molecular complexity index is 1240. The average Bonchev–Trinajstić information content (AvgIpc) is 3.04. The van der Waals surface area contributed by atoms with Gasteiger partial charge in [0.25, 0.3) is 5.56 Å². The van der Waals surface area contributed by atoms with E-state index < -0.39 is 0 Å². The minimum Gasteiger partial charge on any atom is -0.489 e. The molecule has 2 heterocycles. The van der Waals surface area contributed by atoms with E-state index in [1.807, 2.05) is 61.5 Å². The van der Waals surface area contributed by atoms with Gasteiger partial charge in [-0.05, 0) is 54.8 Å². The highest BCUT2D eigenvalue weighted by molar-refractivity contribution is 7.22. The van der Waals surface area contributed by atoms with Gasteiger partial charge in [-0.15, -0.1) is 11.3 Å². The maximum absolute atomic E-state index is 12.6. The van der Waals surface area contributed by atoms with Gasteiger partial charge in [-0.1, -0.05) is 30.3 Å². The van der Waals surface area contributed by atoms with Crippen molar-refractivity contribution in [1.29, 1.82) is 0 Å². The van der Waals surface area contributed by atoms with E-state index in [-0.39, 0.29) is 11.2 Å². The normalized spacial score (nSPS) is 11.1. The van der Waals surface area contributed by atoms with Crippen LogP contribution in [-0.4, -0.2) is 9.55 Å². The molecule has 0 radical (unpaired) electrons. The summed E-state index contributed by atoms with van der Waals surface area (Å²) in [4.78, 5) is 29.2. The molecule has 2 aromatic heterocycles. The Hall–Kier alpha value is -3.12. The smallest absolute Gasteiger partial charge is 0.329 e. The van der Waals surface area contributed by atoms with Gasteiger partial charge in [0.2, 0.25) is 0 Å². The predicted molar refractivity (Wildman–Crippen MR) is 113 cm³/mol. The lowest BCUT2D eigenvalue weighted by Crippen LogP contribution is -2.34. The first-order chi connectivity index (χ1) is 13.6. The molecule has 1 N–H and O–H groups in total. The first kappa shape index (κ1) is 18.3. The van der Waals surface area contributed by atoms with Crippen LogP contribution < -0.4 is 16.0 Å². The van der Waals surface area contributed by atoms with E-state index in [9.17, 15) is 9.59 Å². The van der Waals surface area contributed by atoms with Crippen LogP contribution in [-0.2, 0) is 13.2 Å². The number of H-pyrrole nitrogens is 1. The standard InChI is InChI=1S/C22H20N2O3S/c1-3-24-21(25)18-14(2)19(28-20(18)23-22(24)26)16-9-11-17(12-10-16)27-13-15-7-5-4-6-8-15/h4-12H,3,13H2,1-2H3,(H,23,26). The van der Waals surface area contributed by atoms with Crippen LogP contribution in [0.15, 0.2) is 64.2 Å². The number of benzene rings is 2. The Balaban J connectivity index is 1.65. The fourth-order valence-electron chi connectivity index (χ4n) is 3.26. The van der Waals surface area contributed by atoms with Crippen molar-refractivity contribution in [2.75, 3.05) is 0 Å². The number of aryl methyl sites for hydroxylation is 1. The van der Waals surface area contributed by atoms with Gasteiger partial charge in [0, 0.05) is 11.4 Å². The summed E-state index contributed by atoms with van der Waals surface area (Å²) in [6.45, 7) is 4.58. The van der Waals surface area contributed by atoms with Crippen LogP contribution in [0.2, 0.25) is 0 Å². The van der Waals surface area contributed by atoms with Gasteiger partial charge in [-0.2, -0.15) is 0 Å². The lowest BCUT2D eigenvalue weighted by Gasteiger charge is -2.07. The fourth-order valence-corrected chi connectivity index (χ4v) is 4.45. The Labute approximate surface area is 165 Å². The average molecular weight is 392 g/mol. The summed E-state index contributed by atoms with van der Waals surface area (Å²) in [5.41, 5.74) is 2.40. The number of hydrogen-bond donors (Lipinski definition) is 1. The monoisotopic (exact) mass is 392 g/mol. The molecule has 0 bridgehead atoms. The van der Waals surface area contributed by atoms with Crippen molar-refractivity contribution in [2.45, 2.75) is 27.0 Å². The van der Waals surface area contributed by atoms with Crippen LogP contribution in [0.4, 0.5) is 0 Å². The van der Waals surface area contributed by atoms with E-state index in [0.29, 0.717) is 23.4 Å². The molecular weight excluding hydrogens is 372 g/mol. The zero-order valence-electron chi connectivity index (χ0n) is 15.7. The largest absolute Gasteiger partial charge is 0.489 e. The zero-order chi connectivity index (χ0) is 19.7. The van der Waals surface area contributed by atoms with Crippen molar-refractivity contribution in [3.8, 4) is 16.2 Å². The van der Waals surface area contributed by atoms with Crippen molar-refractivity contribution in [3.05, 3.63) is 86.6 Å². The molecule has 0 atom stereocenters. The van der Waals surface area contributed by atoms with Crippen LogP contribution in [0.5, 0.6) is 5.75 Å². The fraction of sp³-hybridized carbons (Fsp3) is 0.182. The highest BCUT2D eigenvalue weighted by Gasteiger charge is 2.16. The Morgan fingerprint density at radius 3 is 2.43 bits per heavy atom. The molecule has 4 aromatic rings. The molecule has 0 aliphatic carbocycles. The molecule has 28 heavy (non-hydrogen) atoms. The molecule has 2 aromatic carbocycles. The van der Waals surface area contributed by atoms with Gasteiger partial charge in [-0.25, -0.2) is 4.79 Å². The second-order valence-corrected chi connectivity index (χ2v) is 7.56. The number of fused-ring (bicyclic) bond motifs is 1. The topological polar surface area (TPSA) is 64.1 Å². The summed E-state index contributed by atoms with van der Waals surface area (Å²) in [6.07, 6.45) is 0. The molecular formula is C22H20N2O3S. The number of thiophene rings is 1. The van der Waals surface area contributed by atoms with Gasteiger partial charge in [0.1, 0.15) is 17.2 Å². The van der Waals surface area contributed by atoms with Crippen LogP contribution in [0.25, 0.3) is 20.7 Å². The van der Waals surface area contributed by atoms with Crippen molar-refractivity contribution in [2.24, 2.45) is 0 Å². The first-order valence-electron chi connectivity index (χ1n) is 9.12. The van der Waals surface area contributed by atoms with Crippen LogP contribution in [0.3, 0.4) is 0 Å². The number of aromatic amines is 1. The predicted octanol–water partition coefficient (Wildman–Crippen LogP) is 4.33. The second-order valence-electron chi connectivity index (χ2n) is 6.54. The molecule has 0 fully saturated rings. The third-order valence-corrected chi connectivity index (χ3v) is 6.01. The minimum atomic E-state index is -0.363. The summed E-state index contributed by atoms with van der Waals surface area (Å²) in [6, 6.07) is 17.8. The molecule has 5 nitrogen and oxygen atoms in total.